The van der Waals surface area contributed by atoms with E-state index in [9.17, 15) is 4.79 Å². The fourth-order valence-corrected chi connectivity index (χ4v) is 3.66. The Morgan fingerprint density at radius 2 is 1.20 bits per heavy atom. The van der Waals surface area contributed by atoms with Crippen LogP contribution in [-0.4, -0.2) is 9.36 Å². The topological polar surface area (TPSA) is 26.9 Å². The summed E-state index contributed by atoms with van der Waals surface area (Å²) in [6, 6.07) is 22.9. The smallest absolute Gasteiger partial charge is 0.267 e. The van der Waals surface area contributed by atoms with E-state index in [1.807, 2.05) is 35.9 Å². The van der Waals surface area contributed by atoms with Gasteiger partial charge < -0.3 is 0 Å². The monoisotopic (exact) mass is 334 g/mol. The molecule has 0 saturated carbocycles. The third-order valence-electron chi connectivity index (χ3n) is 4.73. The Labute approximate surface area is 149 Å². The molecule has 3 nitrogen and oxygen atoms in total. The number of hydrogen-bond acceptors (Lipinski definition) is 1. The van der Waals surface area contributed by atoms with Crippen molar-refractivity contribution >= 4 is 0 Å². The van der Waals surface area contributed by atoms with Gasteiger partial charge in [0.1, 0.15) is 0 Å². The average Bonchev–Trinajstić information content (AvgIpc) is 2.91. The van der Waals surface area contributed by atoms with Crippen LogP contribution >= 0.6 is 0 Å². The third kappa shape index (κ3) is 3.93. The predicted octanol–water partition coefficient (Wildman–Crippen LogP) is 4.57. The van der Waals surface area contributed by atoms with E-state index in [2.05, 4.69) is 54.9 Å². The van der Waals surface area contributed by atoms with Gasteiger partial charge in [-0.3, -0.25) is 9.48 Å². The van der Waals surface area contributed by atoms with Gasteiger partial charge in [0, 0.05) is 11.8 Å². The lowest BCUT2D eigenvalue weighted by Crippen LogP contribution is -2.30. The number of rotatable bonds is 6. The Hall–Kier alpha value is -2.55. The molecule has 0 spiro atoms. The highest BCUT2D eigenvalue weighted by Gasteiger charge is 2.19. The van der Waals surface area contributed by atoms with Gasteiger partial charge in [-0.25, -0.2) is 4.68 Å². The Bertz CT molecular complexity index is 862. The summed E-state index contributed by atoms with van der Waals surface area (Å²) in [6.45, 7) is 6.33. The Morgan fingerprint density at radius 3 is 1.68 bits per heavy atom. The van der Waals surface area contributed by atoms with E-state index in [4.69, 9.17) is 0 Å². The fraction of sp³-hybridized carbons (Fsp3) is 0.318. The molecule has 0 aliphatic rings. The van der Waals surface area contributed by atoms with Crippen molar-refractivity contribution in [2.24, 2.45) is 0 Å². The predicted molar refractivity (Wildman–Crippen MR) is 103 cm³/mol. The van der Waals surface area contributed by atoms with Gasteiger partial charge in [-0.05, 0) is 44.7 Å². The molecule has 3 aromatic rings. The van der Waals surface area contributed by atoms with Crippen molar-refractivity contribution in [2.45, 2.75) is 45.7 Å². The lowest BCUT2D eigenvalue weighted by Gasteiger charge is -2.25. The van der Waals surface area contributed by atoms with Crippen LogP contribution in [0.3, 0.4) is 0 Å². The van der Waals surface area contributed by atoms with E-state index in [-0.39, 0.29) is 17.6 Å². The molecular formula is C22H26N2O. The Morgan fingerprint density at radius 1 is 0.760 bits per heavy atom. The molecule has 1 aromatic heterocycles. The first-order chi connectivity index (χ1) is 12.1. The van der Waals surface area contributed by atoms with Gasteiger partial charge in [0.15, 0.2) is 0 Å². The molecule has 3 rings (SSSR count). The van der Waals surface area contributed by atoms with E-state index in [0.29, 0.717) is 0 Å². The second-order valence-corrected chi connectivity index (χ2v) is 6.89. The highest BCUT2D eigenvalue weighted by molar-refractivity contribution is 5.17. The number of hydrogen-bond donors (Lipinski definition) is 0. The Kier molecular flexibility index (Phi) is 5.22. The molecule has 130 valence electrons. The lowest BCUT2D eigenvalue weighted by atomic mass is 10.1. The van der Waals surface area contributed by atoms with E-state index in [0.717, 1.165) is 18.5 Å². The summed E-state index contributed by atoms with van der Waals surface area (Å²) in [6.07, 6.45) is 1.76. The number of aryl methyl sites for hydroxylation is 1. The van der Waals surface area contributed by atoms with Gasteiger partial charge in [0.05, 0.1) is 12.1 Å². The van der Waals surface area contributed by atoms with Crippen LogP contribution in [-0.2, 0) is 12.8 Å². The van der Waals surface area contributed by atoms with Crippen LogP contribution < -0.4 is 5.56 Å². The van der Waals surface area contributed by atoms with Gasteiger partial charge in [-0.2, -0.15) is 0 Å². The Balaban J connectivity index is 1.88. The molecule has 0 aliphatic carbocycles. The summed E-state index contributed by atoms with van der Waals surface area (Å²) in [5.74, 6) is 0. The standard InChI is InChI=1S/C22H26N2O/c1-17(14-20-10-6-4-7-11-20)23-19(3)16-22(25)24(23)18(2)15-21-12-8-5-9-13-21/h4-13,16-18H,14-15H2,1-3H3/t17-,18+/m0/s1. The molecule has 0 amide bonds. The molecular weight excluding hydrogens is 308 g/mol. The van der Waals surface area contributed by atoms with Crippen molar-refractivity contribution in [3.63, 3.8) is 0 Å². The van der Waals surface area contributed by atoms with Crippen molar-refractivity contribution < 1.29 is 0 Å². The van der Waals surface area contributed by atoms with Crippen molar-refractivity contribution in [1.82, 2.24) is 9.36 Å². The van der Waals surface area contributed by atoms with E-state index in [1.165, 1.54) is 11.1 Å². The molecule has 0 fully saturated rings. The van der Waals surface area contributed by atoms with Crippen molar-refractivity contribution in [3.05, 3.63) is 93.9 Å². The average molecular weight is 334 g/mol. The van der Waals surface area contributed by atoms with Crippen LogP contribution in [0.4, 0.5) is 0 Å². The summed E-state index contributed by atoms with van der Waals surface area (Å²) in [5, 5.41) is 0. The molecule has 2 atom stereocenters. The third-order valence-corrected chi connectivity index (χ3v) is 4.73. The minimum absolute atomic E-state index is 0.0841. The zero-order chi connectivity index (χ0) is 17.8. The van der Waals surface area contributed by atoms with Crippen molar-refractivity contribution in [3.8, 4) is 0 Å². The number of nitrogens with zero attached hydrogens (tertiary/aromatic N) is 2. The van der Waals surface area contributed by atoms with Crippen LogP contribution in [0, 0.1) is 6.92 Å². The molecule has 0 N–H and O–H groups in total. The second-order valence-electron chi connectivity index (χ2n) is 6.89. The van der Waals surface area contributed by atoms with Crippen LogP contribution in [0.2, 0.25) is 0 Å². The van der Waals surface area contributed by atoms with Crippen molar-refractivity contribution in [1.29, 1.82) is 0 Å². The zero-order valence-corrected chi connectivity index (χ0v) is 15.2. The quantitative estimate of drug-likeness (QED) is 0.649. The molecule has 1 heterocycles. The molecule has 0 unspecified atom stereocenters. The first-order valence-corrected chi connectivity index (χ1v) is 8.94. The van der Waals surface area contributed by atoms with Crippen LogP contribution in [0.25, 0.3) is 0 Å². The minimum Gasteiger partial charge on any atom is -0.284 e. The van der Waals surface area contributed by atoms with E-state index in [1.54, 1.807) is 6.07 Å². The fourth-order valence-electron chi connectivity index (χ4n) is 3.66. The molecule has 0 saturated heterocycles. The molecule has 25 heavy (non-hydrogen) atoms. The summed E-state index contributed by atoms with van der Waals surface area (Å²) in [7, 11) is 0. The lowest BCUT2D eigenvalue weighted by molar-refractivity contribution is 0.328. The maximum atomic E-state index is 12.6. The SMILES string of the molecule is Cc1cc(=O)n([C@H](C)Cc2ccccc2)n1[C@@H](C)Cc1ccccc1. The second kappa shape index (κ2) is 7.56. The largest absolute Gasteiger partial charge is 0.284 e. The van der Waals surface area contributed by atoms with Gasteiger partial charge in [0.25, 0.3) is 5.56 Å². The van der Waals surface area contributed by atoms with Crippen LogP contribution in [0.15, 0.2) is 71.5 Å². The maximum absolute atomic E-state index is 12.6. The maximum Gasteiger partial charge on any atom is 0.267 e. The van der Waals surface area contributed by atoms with Crippen LogP contribution in [0.1, 0.15) is 42.8 Å². The zero-order valence-electron chi connectivity index (χ0n) is 15.2. The van der Waals surface area contributed by atoms with Gasteiger partial charge in [-0.15, -0.1) is 0 Å². The van der Waals surface area contributed by atoms with Gasteiger partial charge in [-0.1, -0.05) is 60.7 Å². The highest BCUT2D eigenvalue weighted by atomic mass is 16.1. The van der Waals surface area contributed by atoms with E-state index < -0.39 is 0 Å². The minimum atomic E-state index is 0.0841. The number of benzene rings is 2. The summed E-state index contributed by atoms with van der Waals surface area (Å²) in [5.41, 5.74) is 3.65. The van der Waals surface area contributed by atoms with Gasteiger partial charge in [0.2, 0.25) is 0 Å². The van der Waals surface area contributed by atoms with Crippen LogP contribution in [0.5, 0.6) is 0 Å². The van der Waals surface area contributed by atoms with E-state index >= 15 is 0 Å². The van der Waals surface area contributed by atoms with Gasteiger partial charge >= 0.3 is 0 Å². The molecule has 3 heteroatoms. The normalized spacial score (nSPS) is 13.6. The molecule has 0 bridgehead atoms. The highest BCUT2D eigenvalue weighted by Crippen LogP contribution is 2.20. The number of aromatic nitrogens is 2. The first-order valence-electron chi connectivity index (χ1n) is 8.94. The summed E-state index contributed by atoms with van der Waals surface area (Å²) >= 11 is 0. The van der Waals surface area contributed by atoms with Crippen molar-refractivity contribution in [2.75, 3.05) is 0 Å². The molecule has 0 radical (unpaired) electrons. The molecule has 2 aromatic carbocycles. The first kappa shape index (κ1) is 17.3. The summed E-state index contributed by atoms with van der Waals surface area (Å²) in [4.78, 5) is 12.6. The summed E-state index contributed by atoms with van der Waals surface area (Å²) < 4.78 is 4.10. The molecule has 0 aliphatic heterocycles.